The first-order valence-corrected chi connectivity index (χ1v) is 5.75. The molecule has 2 atom stereocenters. The van der Waals surface area contributed by atoms with Crippen LogP contribution in [0.4, 0.5) is 5.69 Å². The van der Waals surface area contributed by atoms with Gasteiger partial charge in [-0.1, -0.05) is 17.7 Å². The van der Waals surface area contributed by atoms with Crippen molar-refractivity contribution >= 4 is 23.2 Å². The molecule has 104 valence electrons. The Balaban J connectivity index is 2.87. The number of nitrogens with zero attached hydrogens (tertiary/aromatic N) is 1. The van der Waals surface area contributed by atoms with E-state index in [1.54, 1.807) is 0 Å². The Bertz CT molecular complexity index is 494. The number of hydrogen-bond donors (Lipinski definition) is 3. The standard InChI is InChI=1S/C11H13ClN2O5/c1-6(15)13-5-10(16)11(17)7-2-3-8(12)9(4-7)14(18)19/h2-4,10-11,16-17H,5H2,1H3,(H,13,15). The molecule has 0 radical (unpaired) electrons. The highest BCUT2D eigenvalue weighted by Crippen LogP contribution is 2.28. The van der Waals surface area contributed by atoms with Crippen molar-refractivity contribution in [3.63, 3.8) is 0 Å². The summed E-state index contributed by atoms with van der Waals surface area (Å²) < 4.78 is 0. The molecule has 1 aromatic rings. The summed E-state index contributed by atoms with van der Waals surface area (Å²) in [6, 6.07) is 3.73. The van der Waals surface area contributed by atoms with Crippen LogP contribution in [0.2, 0.25) is 5.02 Å². The number of nitro benzene ring substituents is 1. The first kappa shape index (κ1) is 15.4. The molecule has 1 amide bonds. The van der Waals surface area contributed by atoms with E-state index >= 15 is 0 Å². The number of aliphatic hydroxyl groups is 2. The highest BCUT2D eigenvalue weighted by molar-refractivity contribution is 6.32. The van der Waals surface area contributed by atoms with Gasteiger partial charge in [0.2, 0.25) is 5.91 Å². The van der Waals surface area contributed by atoms with Gasteiger partial charge in [-0.25, -0.2) is 0 Å². The van der Waals surface area contributed by atoms with Gasteiger partial charge in [0.1, 0.15) is 17.2 Å². The van der Waals surface area contributed by atoms with Gasteiger partial charge in [0.05, 0.1) is 4.92 Å². The maximum atomic E-state index is 10.7. The minimum absolute atomic E-state index is 0.0581. The SMILES string of the molecule is CC(=O)NCC(O)C(O)c1ccc(Cl)c([N+](=O)[O-])c1. The lowest BCUT2D eigenvalue weighted by atomic mass is 10.0. The van der Waals surface area contributed by atoms with E-state index in [1.165, 1.54) is 19.1 Å². The molecule has 0 saturated heterocycles. The molecule has 0 saturated carbocycles. The van der Waals surface area contributed by atoms with Crippen molar-refractivity contribution in [3.05, 3.63) is 38.9 Å². The Kier molecular flexibility index (Phi) is 5.22. The summed E-state index contributed by atoms with van der Waals surface area (Å²) in [5.74, 6) is -0.353. The molecule has 2 unspecified atom stereocenters. The van der Waals surface area contributed by atoms with Crippen LogP contribution in [0.25, 0.3) is 0 Å². The number of nitrogens with one attached hydrogen (secondary N) is 1. The topological polar surface area (TPSA) is 113 Å². The number of halogens is 1. The minimum Gasteiger partial charge on any atom is -0.388 e. The summed E-state index contributed by atoms with van der Waals surface area (Å²) in [6.07, 6.45) is -2.63. The number of nitro groups is 1. The van der Waals surface area contributed by atoms with E-state index in [0.29, 0.717) is 0 Å². The first-order chi connectivity index (χ1) is 8.82. The van der Waals surface area contributed by atoms with Crippen molar-refractivity contribution in [2.45, 2.75) is 19.1 Å². The average Bonchev–Trinajstić information content (AvgIpc) is 2.35. The lowest BCUT2D eigenvalue weighted by Gasteiger charge is -2.18. The van der Waals surface area contributed by atoms with Gasteiger partial charge in [-0.3, -0.25) is 14.9 Å². The molecule has 0 heterocycles. The van der Waals surface area contributed by atoms with Crippen molar-refractivity contribution < 1.29 is 19.9 Å². The highest BCUT2D eigenvalue weighted by Gasteiger charge is 2.22. The summed E-state index contributed by atoms with van der Waals surface area (Å²) in [4.78, 5) is 20.7. The van der Waals surface area contributed by atoms with Gasteiger partial charge >= 0.3 is 0 Å². The third-order valence-electron chi connectivity index (χ3n) is 2.43. The predicted molar refractivity (Wildman–Crippen MR) is 67.8 cm³/mol. The van der Waals surface area contributed by atoms with Gasteiger partial charge in [0.15, 0.2) is 0 Å². The molecule has 0 aliphatic carbocycles. The maximum absolute atomic E-state index is 10.7. The van der Waals surface area contributed by atoms with Crippen LogP contribution in [0.15, 0.2) is 18.2 Å². The van der Waals surface area contributed by atoms with Crippen LogP contribution in [0.1, 0.15) is 18.6 Å². The zero-order valence-corrected chi connectivity index (χ0v) is 10.8. The molecule has 3 N–H and O–H groups in total. The zero-order chi connectivity index (χ0) is 14.6. The van der Waals surface area contributed by atoms with Crippen LogP contribution in [0.5, 0.6) is 0 Å². The van der Waals surface area contributed by atoms with Crippen molar-refractivity contribution in [2.75, 3.05) is 6.54 Å². The third-order valence-corrected chi connectivity index (χ3v) is 2.75. The van der Waals surface area contributed by atoms with E-state index < -0.39 is 17.1 Å². The van der Waals surface area contributed by atoms with Crippen LogP contribution < -0.4 is 5.32 Å². The summed E-state index contributed by atoms with van der Waals surface area (Å²) in [5.41, 5.74) is -0.209. The molecule has 0 aliphatic rings. The van der Waals surface area contributed by atoms with Gasteiger partial charge < -0.3 is 15.5 Å². The fourth-order valence-corrected chi connectivity index (χ4v) is 1.62. The van der Waals surface area contributed by atoms with Crippen LogP contribution in [-0.4, -0.2) is 33.7 Å². The van der Waals surface area contributed by atoms with Gasteiger partial charge in [0.25, 0.3) is 5.69 Å². The van der Waals surface area contributed by atoms with Crippen LogP contribution in [0, 0.1) is 10.1 Å². The van der Waals surface area contributed by atoms with Crippen LogP contribution >= 0.6 is 11.6 Å². The summed E-state index contributed by atoms with van der Waals surface area (Å²) >= 11 is 5.64. The molecule has 1 aromatic carbocycles. The number of rotatable bonds is 5. The molecule has 0 fully saturated rings. The molecule has 1 rings (SSSR count). The van der Waals surface area contributed by atoms with E-state index in [4.69, 9.17) is 11.6 Å². The number of carbonyl (C=O) groups is 1. The lowest BCUT2D eigenvalue weighted by molar-refractivity contribution is -0.384. The quantitative estimate of drug-likeness (QED) is 0.547. The van der Waals surface area contributed by atoms with Crippen molar-refractivity contribution in [1.29, 1.82) is 0 Å². The van der Waals surface area contributed by atoms with Crippen molar-refractivity contribution in [3.8, 4) is 0 Å². The predicted octanol–water partition coefficient (Wildman–Crippen LogP) is 0.779. The monoisotopic (exact) mass is 288 g/mol. The molecular formula is C11H13ClN2O5. The molecule has 19 heavy (non-hydrogen) atoms. The van der Waals surface area contributed by atoms with Gasteiger partial charge in [-0.2, -0.15) is 0 Å². The Hall–Kier alpha value is -1.70. The summed E-state index contributed by atoms with van der Waals surface area (Å²) in [5, 5.41) is 32.5. The molecule has 0 aliphatic heterocycles. The Morgan fingerprint density at radius 2 is 2.16 bits per heavy atom. The molecule has 0 spiro atoms. The van der Waals surface area contributed by atoms with Crippen molar-refractivity contribution in [1.82, 2.24) is 5.32 Å². The Morgan fingerprint density at radius 1 is 1.53 bits per heavy atom. The first-order valence-electron chi connectivity index (χ1n) is 5.37. The number of carbonyl (C=O) groups excluding carboxylic acids is 1. The van der Waals surface area contributed by atoms with Gasteiger partial charge in [-0.05, 0) is 11.6 Å². The second kappa shape index (κ2) is 6.46. The smallest absolute Gasteiger partial charge is 0.288 e. The number of benzene rings is 1. The fourth-order valence-electron chi connectivity index (χ4n) is 1.44. The van der Waals surface area contributed by atoms with E-state index in [1.807, 2.05) is 0 Å². The number of hydrogen-bond acceptors (Lipinski definition) is 5. The molecule has 7 nitrogen and oxygen atoms in total. The van der Waals surface area contributed by atoms with E-state index in [2.05, 4.69) is 5.32 Å². The average molecular weight is 289 g/mol. The zero-order valence-electron chi connectivity index (χ0n) is 10.0. The van der Waals surface area contributed by atoms with E-state index in [9.17, 15) is 25.1 Å². The second-order valence-corrected chi connectivity index (χ2v) is 4.32. The Morgan fingerprint density at radius 3 is 2.68 bits per heavy atom. The number of aliphatic hydroxyl groups excluding tert-OH is 2. The summed E-state index contributed by atoms with van der Waals surface area (Å²) in [7, 11) is 0. The van der Waals surface area contributed by atoms with E-state index in [0.717, 1.165) is 6.07 Å². The van der Waals surface area contributed by atoms with Crippen molar-refractivity contribution in [2.24, 2.45) is 0 Å². The van der Waals surface area contributed by atoms with Crippen LogP contribution in [-0.2, 0) is 4.79 Å². The van der Waals surface area contributed by atoms with Crippen LogP contribution in [0.3, 0.4) is 0 Å². The lowest BCUT2D eigenvalue weighted by Crippen LogP contribution is -2.34. The summed E-state index contributed by atoms with van der Waals surface area (Å²) in [6.45, 7) is 1.11. The molecular weight excluding hydrogens is 276 g/mol. The maximum Gasteiger partial charge on any atom is 0.288 e. The molecule has 0 aromatic heterocycles. The fraction of sp³-hybridized carbons (Fsp3) is 0.364. The van der Waals surface area contributed by atoms with E-state index in [-0.39, 0.29) is 28.7 Å². The Labute approximate surface area is 114 Å². The molecule has 8 heteroatoms. The van der Waals surface area contributed by atoms with Gasteiger partial charge in [-0.15, -0.1) is 0 Å². The van der Waals surface area contributed by atoms with Gasteiger partial charge in [0, 0.05) is 19.5 Å². The minimum atomic E-state index is -1.36. The normalized spacial score (nSPS) is 13.7. The largest absolute Gasteiger partial charge is 0.388 e. The molecule has 0 bridgehead atoms. The number of amides is 1. The second-order valence-electron chi connectivity index (χ2n) is 3.92. The third kappa shape index (κ3) is 4.16. The highest BCUT2D eigenvalue weighted by atomic mass is 35.5.